The van der Waals surface area contributed by atoms with Crippen molar-refractivity contribution < 1.29 is 14.7 Å². The van der Waals surface area contributed by atoms with Gasteiger partial charge in [0.15, 0.2) is 0 Å². The lowest BCUT2D eigenvalue weighted by Gasteiger charge is -2.38. The number of carbonyl (C=O) groups is 2. The van der Waals surface area contributed by atoms with Gasteiger partial charge in [0, 0.05) is 38.3 Å². The molecule has 2 aromatic rings. The van der Waals surface area contributed by atoms with Gasteiger partial charge in [-0.3, -0.25) is 9.79 Å². The highest BCUT2D eigenvalue weighted by Gasteiger charge is 2.34. The van der Waals surface area contributed by atoms with Gasteiger partial charge in [-0.15, -0.1) is 0 Å². The predicted octanol–water partition coefficient (Wildman–Crippen LogP) is 3.74. The van der Waals surface area contributed by atoms with Gasteiger partial charge in [0.25, 0.3) is 0 Å². The van der Waals surface area contributed by atoms with Gasteiger partial charge in [0.2, 0.25) is 0 Å². The Kier molecular flexibility index (Phi) is 6.65. The lowest BCUT2D eigenvalue weighted by atomic mass is 9.78. The van der Waals surface area contributed by atoms with Crippen LogP contribution in [0.25, 0.3) is 0 Å². The van der Waals surface area contributed by atoms with Crippen molar-refractivity contribution >= 4 is 17.7 Å². The molecular weight excluding hydrogens is 390 g/mol. The fourth-order valence-corrected chi connectivity index (χ4v) is 4.71. The number of rotatable bonds is 6. The molecule has 4 rings (SSSR count). The second-order valence-electron chi connectivity index (χ2n) is 8.44. The zero-order valence-electron chi connectivity index (χ0n) is 17.7. The lowest BCUT2D eigenvalue weighted by molar-refractivity contribution is -0.138. The van der Waals surface area contributed by atoms with Gasteiger partial charge < -0.3 is 15.3 Å². The van der Waals surface area contributed by atoms with E-state index in [1.807, 2.05) is 41.3 Å². The average molecular weight is 420 g/mol. The summed E-state index contributed by atoms with van der Waals surface area (Å²) in [4.78, 5) is 30.9. The second-order valence-corrected chi connectivity index (χ2v) is 8.44. The van der Waals surface area contributed by atoms with Crippen LogP contribution in [0.2, 0.25) is 0 Å². The van der Waals surface area contributed by atoms with Crippen molar-refractivity contribution in [3.8, 4) is 0 Å². The summed E-state index contributed by atoms with van der Waals surface area (Å²) in [6.45, 7) is 2.39. The molecule has 6 nitrogen and oxygen atoms in total. The number of carboxylic acid groups (broad SMARTS) is 1. The number of piperidine rings is 1. The van der Waals surface area contributed by atoms with Gasteiger partial charge >= 0.3 is 12.0 Å². The highest BCUT2D eigenvalue weighted by Crippen LogP contribution is 2.32. The molecule has 0 saturated carbocycles. The molecule has 0 spiro atoms. The van der Waals surface area contributed by atoms with Crippen LogP contribution in [0.4, 0.5) is 4.79 Å². The van der Waals surface area contributed by atoms with Gasteiger partial charge in [-0.2, -0.15) is 0 Å². The van der Waals surface area contributed by atoms with E-state index < -0.39 is 5.97 Å². The normalized spacial score (nSPS) is 20.5. The third-order valence-electron chi connectivity index (χ3n) is 6.37. The second kappa shape index (κ2) is 9.77. The minimum atomic E-state index is -0.775. The summed E-state index contributed by atoms with van der Waals surface area (Å²) in [5.74, 6) is -0.646. The molecule has 0 aliphatic carbocycles. The molecule has 31 heavy (non-hydrogen) atoms. The van der Waals surface area contributed by atoms with Crippen LogP contribution in [0.1, 0.15) is 36.0 Å². The van der Waals surface area contributed by atoms with Crippen molar-refractivity contribution in [3.63, 3.8) is 0 Å². The Labute approximate surface area is 183 Å². The van der Waals surface area contributed by atoms with E-state index in [9.17, 15) is 14.7 Å². The van der Waals surface area contributed by atoms with Crippen molar-refractivity contribution in [2.75, 3.05) is 19.6 Å². The van der Waals surface area contributed by atoms with E-state index >= 15 is 0 Å². The molecule has 0 unspecified atom stereocenters. The maximum Gasteiger partial charge on any atom is 0.317 e. The first-order valence-electron chi connectivity index (χ1n) is 11.0. The van der Waals surface area contributed by atoms with E-state index in [0.717, 1.165) is 24.2 Å². The van der Waals surface area contributed by atoms with Gasteiger partial charge in [-0.25, -0.2) is 4.79 Å². The predicted molar refractivity (Wildman–Crippen MR) is 120 cm³/mol. The third kappa shape index (κ3) is 5.32. The molecule has 2 aliphatic heterocycles. The van der Waals surface area contributed by atoms with Crippen molar-refractivity contribution in [1.82, 2.24) is 10.2 Å². The number of nitrogens with zero attached hydrogens (tertiary/aromatic N) is 2. The van der Waals surface area contributed by atoms with Crippen molar-refractivity contribution in [2.45, 2.75) is 32.2 Å². The van der Waals surface area contributed by atoms with Gasteiger partial charge in [-0.05, 0) is 47.8 Å². The SMILES string of the molecule is O=C(O)C[C@@H]1CCN(C(=O)NCc2ccccc2)C[C@@H]1CC1=NCCc2ccccc21. The third-order valence-corrected chi connectivity index (χ3v) is 6.37. The van der Waals surface area contributed by atoms with E-state index in [1.54, 1.807) is 0 Å². The fraction of sp³-hybridized carbons (Fsp3) is 0.400. The van der Waals surface area contributed by atoms with E-state index in [-0.39, 0.29) is 24.3 Å². The Hall–Kier alpha value is -3.15. The molecule has 6 heteroatoms. The van der Waals surface area contributed by atoms with Crippen molar-refractivity contribution in [2.24, 2.45) is 16.8 Å². The van der Waals surface area contributed by atoms with E-state index in [4.69, 9.17) is 4.99 Å². The van der Waals surface area contributed by atoms with Crippen LogP contribution in [0.15, 0.2) is 59.6 Å². The molecule has 0 aromatic heterocycles. The van der Waals surface area contributed by atoms with Crippen LogP contribution in [0.3, 0.4) is 0 Å². The molecule has 1 fully saturated rings. The van der Waals surface area contributed by atoms with Crippen LogP contribution in [-0.4, -0.2) is 47.4 Å². The number of nitrogens with one attached hydrogen (secondary N) is 1. The van der Waals surface area contributed by atoms with E-state index in [2.05, 4.69) is 23.5 Å². The van der Waals surface area contributed by atoms with Crippen LogP contribution < -0.4 is 5.32 Å². The molecule has 2 N–H and O–H groups in total. The highest BCUT2D eigenvalue weighted by molar-refractivity contribution is 6.02. The molecule has 1 saturated heterocycles. The molecular formula is C25H29N3O3. The fourth-order valence-electron chi connectivity index (χ4n) is 4.71. The summed E-state index contributed by atoms with van der Waals surface area (Å²) < 4.78 is 0. The molecule has 2 aromatic carbocycles. The van der Waals surface area contributed by atoms with Crippen molar-refractivity contribution in [1.29, 1.82) is 0 Å². The first-order chi connectivity index (χ1) is 15.1. The number of likely N-dealkylation sites (tertiary alicyclic amines) is 1. The number of benzene rings is 2. The van der Waals surface area contributed by atoms with Crippen LogP contribution in [0, 0.1) is 11.8 Å². The Morgan fingerprint density at radius 2 is 1.84 bits per heavy atom. The maximum atomic E-state index is 12.8. The van der Waals surface area contributed by atoms with E-state index in [1.165, 1.54) is 11.1 Å². The summed E-state index contributed by atoms with van der Waals surface area (Å²) in [7, 11) is 0. The Bertz CT molecular complexity index is 957. The minimum absolute atomic E-state index is 0.0486. The molecule has 2 aliphatic rings. The summed E-state index contributed by atoms with van der Waals surface area (Å²) in [6.07, 6.45) is 2.48. The van der Waals surface area contributed by atoms with Crippen LogP contribution in [0.5, 0.6) is 0 Å². The molecule has 0 radical (unpaired) electrons. The van der Waals surface area contributed by atoms with Gasteiger partial charge in [0.1, 0.15) is 0 Å². The largest absolute Gasteiger partial charge is 0.481 e. The number of aliphatic carboxylic acids is 1. The first kappa shape index (κ1) is 21.1. The van der Waals surface area contributed by atoms with E-state index in [0.29, 0.717) is 32.5 Å². The quantitative estimate of drug-likeness (QED) is 0.748. The monoisotopic (exact) mass is 419 g/mol. The molecule has 2 heterocycles. The highest BCUT2D eigenvalue weighted by atomic mass is 16.4. The number of amides is 2. The topological polar surface area (TPSA) is 82.0 Å². The summed E-state index contributed by atoms with van der Waals surface area (Å²) in [5.41, 5.74) is 4.58. The minimum Gasteiger partial charge on any atom is -0.481 e. The summed E-state index contributed by atoms with van der Waals surface area (Å²) in [5, 5.41) is 12.4. The number of fused-ring (bicyclic) bond motifs is 1. The number of carbonyl (C=O) groups excluding carboxylic acids is 1. The Morgan fingerprint density at radius 3 is 2.65 bits per heavy atom. The number of hydrogen-bond donors (Lipinski definition) is 2. The standard InChI is InChI=1S/C25H29N3O3/c29-24(30)15-20-11-13-28(25(31)27-16-18-6-2-1-3-7-18)17-21(20)14-23-22-9-5-4-8-19(22)10-12-26-23/h1-9,20-21H,10-17H2,(H,27,31)(H,29,30)/t20-,21-/m0/s1. The molecule has 2 amide bonds. The number of hydrogen-bond acceptors (Lipinski definition) is 3. The molecule has 162 valence electrons. The zero-order chi connectivity index (χ0) is 21.6. The number of urea groups is 1. The van der Waals surface area contributed by atoms with Crippen LogP contribution >= 0.6 is 0 Å². The molecule has 0 bridgehead atoms. The summed E-state index contributed by atoms with van der Waals surface area (Å²) in [6, 6.07) is 18.1. The van der Waals surface area contributed by atoms with Crippen LogP contribution in [-0.2, 0) is 17.8 Å². The average Bonchev–Trinajstić information content (AvgIpc) is 2.79. The lowest BCUT2D eigenvalue weighted by Crippen LogP contribution is -2.48. The maximum absolute atomic E-state index is 12.8. The first-order valence-corrected chi connectivity index (χ1v) is 11.0. The molecule has 2 atom stereocenters. The van der Waals surface area contributed by atoms with Crippen molar-refractivity contribution in [3.05, 3.63) is 71.3 Å². The number of aliphatic imine (C=N–C) groups is 1. The van der Waals surface area contributed by atoms with Gasteiger partial charge in [-0.1, -0.05) is 54.6 Å². The van der Waals surface area contributed by atoms with Gasteiger partial charge in [0.05, 0.1) is 0 Å². The Balaban J connectivity index is 1.44. The Morgan fingerprint density at radius 1 is 1.06 bits per heavy atom. The zero-order valence-corrected chi connectivity index (χ0v) is 17.7. The smallest absolute Gasteiger partial charge is 0.317 e. The number of carboxylic acids is 1. The summed E-state index contributed by atoms with van der Waals surface area (Å²) >= 11 is 0.